The van der Waals surface area contributed by atoms with Gasteiger partial charge in [-0.1, -0.05) is 33.8 Å². The Bertz CT molecular complexity index is 917. The topological polar surface area (TPSA) is 66.8 Å². The lowest BCUT2D eigenvalue weighted by molar-refractivity contribution is -0.205. The van der Waals surface area contributed by atoms with E-state index in [2.05, 4.69) is 46.2 Å². The van der Waals surface area contributed by atoms with E-state index in [4.69, 9.17) is 11.3 Å². The molecule has 0 aromatic rings. The number of aliphatic hydroxyl groups excluding tert-OH is 1. The summed E-state index contributed by atoms with van der Waals surface area (Å²) in [5.74, 6) is 0.642. The molecule has 5 nitrogen and oxygen atoms in total. The van der Waals surface area contributed by atoms with E-state index in [1.165, 1.54) is 12.8 Å². The number of piperidine rings is 1. The Balaban J connectivity index is 1.41. The Morgan fingerprint density at radius 1 is 1.25 bits per heavy atom. The summed E-state index contributed by atoms with van der Waals surface area (Å²) in [5.41, 5.74) is -1.19. The van der Waals surface area contributed by atoms with Gasteiger partial charge in [-0.15, -0.1) is 18.3 Å². The number of aliphatic hydroxyl groups is 1. The van der Waals surface area contributed by atoms with Crippen LogP contribution in [-0.4, -0.2) is 65.5 Å². The van der Waals surface area contributed by atoms with Gasteiger partial charge in [-0.3, -0.25) is 9.59 Å². The quantitative estimate of drug-likeness (QED) is 0.383. The molecule has 11 atom stereocenters. The van der Waals surface area contributed by atoms with Crippen molar-refractivity contribution in [3.8, 4) is 0 Å². The number of esters is 1. The van der Waals surface area contributed by atoms with Crippen molar-refractivity contribution in [2.45, 2.75) is 115 Å². The molecule has 2 aliphatic heterocycles. The second-order valence-electron chi connectivity index (χ2n) is 13.5. The molecule has 202 valence electrons. The lowest BCUT2D eigenvalue weighted by Gasteiger charge is -2.61. The monoisotopic (exact) mass is 518 g/mol. The van der Waals surface area contributed by atoms with Gasteiger partial charge in [-0.25, -0.2) is 0 Å². The summed E-state index contributed by atoms with van der Waals surface area (Å²) in [7, 11) is 2.24. The summed E-state index contributed by atoms with van der Waals surface area (Å²) in [4.78, 5) is 29.6. The summed E-state index contributed by atoms with van der Waals surface area (Å²) in [6.45, 7) is 12.9. The molecule has 1 unspecified atom stereocenters. The van der Waals surface area contributed by atoms with Crippen LogP contribution in [0.3, 0.4) is 0 Å². The molecule has 2 heterocycles. The number of thioether (sulfide) groups is 1. The highest BCUT2D eigenvalue weighted by Gasteiger charge is 2.68. The third kappa shape index (κ3) is 3.95. The fraction of sp³-hybridized carbons (Fsp3) is 0.867. The number of carbonyl (C=O) groups excluding carboxylic acids is 2. The Labute approximate surface area is 223 Å². The van der Waals surface area contributed by atoms with E-state index in [1.807, 2.05) is 6.08 Å². The SMILES string of the molecule is [2H]O[C@H]1[C@H](C)[C@]23CCC(=O)[C@H]2[C@@](C)([C@H](C)CC3)[C@H](OC(=O)CSC2C[C@H]3CC[C@@H](C2)N3C)C[C@@]1(C)C=C. The Morgan fingerprint density at radius 2 is 1.94 bits per heavy atom. The maximum Gasteiger partial charge on any atom is 0.316 e. The number of hydrogen-bond acceptors (Lipinski definition) is 6. The summed E-state index contributed by atoms with van der Waals surface area (Å²) < 4.78 is 14.5. The predicted molar refractivity (Wildman–Crippen MR) is 145 cm³/mol. The van der Waals surface area contributed by atoms with Gasteiger partial charge < -0.3 is 14.7 Å². The molecule has 3 aliphatic carbocycles. The second kappa shape index (κ2) is 9.41. The van der Waals surface area contributed by atoms with E-state index in [0.29, 0.717) is 41.7 Å². The van der Waals surface area contributed by atoms with Crippen LogP contribution >= 0.6 is 11.8 Å². The maximum absolute atomic E-state index is 13.6. The molecule has 1 N–H and O–H groups in total. The van der Waals surface area contributed by atoms with E-state index in [1.54, 1.807) is 11.8 Å². The highest BCUT2D eigenvalue weighted by Crippen LogP contribution is 2.68. The molecule has 0 aromatic carbocycles. The maximum atomic E-state index is 13.6. The molecule has 5 fully saturated rings. The molecule has 0 amide bonds. The molecule has 36 heavy (non-hydrogen) atoms. The Kier molecular flexibility index (Phi) is 6.65. The minimum absolute atomic E-state index is 0.0447. The van der Waals surface area contributed by atoms with Crippen molar-refractivity contribution >= 4 is 23.5 Å². The van der Waals surface area contributed by atoms with E-state index >= 15 is 0 Å². The summed E-state index contributed by atoms with van der Waals surface area (Å²) in [6.07, 6.45) is 9.84. The fourth-order valence-corrected chi connectivity index (χ4v) is 10.5. The van der Waals surface area contributed by atoms with Crippen LogP contribution in [0.1, 0.15) is 85.5 Å². The predicted octanol–water partition coefficient (Wildman–Crippen LogP) is 5.25. The zero-order chi connectivity index (χ0) is 26.8. The van der Waals surface area contributed by atoms with Gasteiger partial charge >= 0.3 is 5.97 Å². The van der Waals surface area contributed by atoms with Crippen LogP contribution in [0.4, 0.5) is 0 Å². The van der Waals surface area contributed by atoms with Gasteiger partial charge in [0.25, 0.3) is 0 Å². The van der Waals surface area contributed by atoms with Crippen LogP contribution in [0.15, 0.2) is 12.7 Å². The average molecular weight is 519 g/mol. The zero-order valence-corrected chi connectivity index (χ0v) is 23.8. The normalized spacial score (nSPS) is 51.1. The third-order valence-electron chi connectivity index (χ3n) is 12.0. The van der Waals surface area contributed by atoms with Crippen molar-refractivity contribution in [1.29, 1.82) is 1.43 Å². The van der Waals surface area contributed by atoms with Crippen molar-refractivity contribution in [2.75, 3.05) is 12.8 Å². The number of carbonyl (C=O) groups is 2. The minimum Gasteiger partial charge on any atom is -0.461 e. The van der Waals surface area contributed by atoms with Gasteiger partial charge in [0.2, 0.25) is 1.43 Å². The molecular weight excluding hydrogens is 470 g/mol. The standard InChI is InChI=1S/C30H47NO4S/c1-7-28(4)16-24(35-25(33)17-36-22-14-20-8-9-21(15-22)31(20)6)29(5)18(2)10-12-30(19(3)27(28)34)13-11-23(32)26(29)30/h7,18-22,24,26-27,34H,1,8-17H2,2-6H3/t18-,19+,20-,21+,22?,24-,26+,27+,28-,29+,30+/m1/s1/i34D. The van der Waals surface area contributed by atoms with E-state index in [0.717, 1.165) is 32.1 Å². The lowest BCUT2D eigenvalue weighted by atomic mass is 9.44. The molecule has 0 radical (unpaired) electrons. The van der Waals surface area contributed by atoms with E-state index in [9.17, 15) is 9.59 Å². The number of hydrogen-bond donors (Lipinski definition) is 1. The molecule has 0 aromatic heterocycles. The number of ketones is 1. The van der Waals surface area contributed by atoms with Gasteiger partial charge in [0, 0.05) is 40.5 Å². The molecule has 5 aliphatic rings. The van der Waals surface area contributed by atoms with E-state index in [-0.39, 0.29) is 29.1 Å². The van der Waals surface area contributed by atoms with Gasteiger partial charge in [-0.2, -0.15) is 0 Å². The highest BCUT2D eigenvalue weighted by molar-refractivity contribution is 8.00. The summed E-state index contributed by atoms with van der Waals surface area (Å²) in [6, 6.07) is 1.30. The minimum atomic E-state index is -0.533. The van der Waals surface area contributed by atoms with Crippen molar-refractivity contribution in [2.24, 2.45) is 34.0 Å². The highest BCUT2D eigenvalue weighted by atomic mass is 32.2. The van der Waals surface area contributed by atoms with Crippen LogP contribution in [0, 0.1) is 34.0 Å². The Hall–Kier alpha value is -0.850. The largest absolute Gasteiger partial charge is 0.461 e. The summed E-state index contributed by atoms with van der Waals surface area (Å²) in [5, 5.41) is 5.98. The lowest BCUT2D eigenvalue weighted by Crippen LogP contribution is -2.63. The second-order valence-corrected chi connectivity index (χ2v) is 14.8. The average Bonchev–Trinajstić information content (AvgIpc) is 3.30. The van der Waals surface area contributed by atoms with Crippen LogP contribution in [0.25, 0.3) is 0 Å². The van der Waals surface area contributed by atoms with E-state index < -0.39 is 23.0 Å². The van der Waals surface area contributed by atoms with Crippen molar-refractivity contribution in [3.63, 3.8) is 0 Å². The number of rotatable bonds is 6. The first-order valence-corrected chi connectivity index (χ1v) is 15.4. The fourth-order valence-electron chi connectivity index (χ4n) is 9.36. The molecule has 3 saturated carbocycles. The molecule has 4 bridgehead atoms. The van der Waals surface area contributed by atoms with Crippen molar-refractivity contribution in [1.82, 2.24) is 4.90 Å². The van der Waals surface area contributed by atoms with Crippen LogP contribution in [-0.2, 0) is 14.3 Å². The van der Waals surface area contributed by atoms with Gasteiger partial charge in [0.15, 0.2) is 0 Å². The first-order chi connectivity index (χ1) is 17.5. The molecule has 5 rings (SSSR count). The van der Waals surface area contributed by atoms with Gasteiger partial charge in [0.1, 0.15) is 11.9 Å². The van der Waals surface area contributed by atoms with Crippen LogP contribution < -0.4 is 0 Å². The smallest absolute Gasteiger partial charge is 0.316 e. The molecule has 6 heteroatoms. The number of nitrogens with zero attached hydrogens (tertiary/aromatic N) is 1. The zero-order valence-electron chi connectivity index (χ0n) is 24.0. The van der Waals surface area contributed by atoms with Crippen LogP contribution in [0.2, 0.25) is 0 Å². The molecule has 0 spiro atoms. The van der Waals surface area contributed by atoms with Gasteiger partial charge in [0.05, 0.1) is 11.9 Å². The van der Waals surface area contributed by atoms with Crippen molar-refractivity contribution in [3.05, 3.63) is 12.7 Å². The first kappa shape index (κ1) is 25.4. The number of fused-ring (bicyclic) bond motifs is 2. The molecule has 2 saturated heterocycles. The third-order valence-corrected chi connectivity index (χ3v) is 13.3. The first-order valence-electron chi connectivity index (χ1n) is 14.7. The number of Topliss-reactive ketones (excluding diaryl/α,β-unsaturated/α-hetero) is 1. The van der Waals surface area contributed by atoms with Gasteiger partial charge in [-0.05, 0) is 75.7 Å². The number of ether oxygens (including phenoxy) is 1. The van der Waals surface area contributed by atoms with Crippen LogP contribution in [0.5, 0.6) is 0 Å². The van der Waals surface area contributed by atoms with Crippen molar-refractivity contribution < 1.29 is 19.4 Å². The molecular formula is C30H47NO4S. The summed E-state index contributed by atoms with van der Waals surface area (Å²) >= 11 is 1.76. The Morgan fingerprint density at radius 3 is 2.58 bits per heavy atom.